The molecule has 160 valence electrons. The van der Waals surface area contributed by atoms with Crippen LogP contribution >= 0.6 is 11.3 Å². The van der Waals surface area contributed by atoms with E-state index in [0.29, 0.717) is 30.3 Å². The molecule has 0 saturated carbocycles. The minimum atomic E-state index is -0.352. The number of piperidine rings is 1. The molecule has 1 aromatic heterocycles. The lowest BCUT2D eigenvalue weighted by Crippen LogP contribution is -3.14. The number of aryl methyl sites for hydroxylation is 1. The Kier molecular flexibility index (Phi) is 7.66. The van der Waals surface area contributed by atoms with Gasteiger partial charge >= 0.3 is 11.9 Å². The smallest absolute Gasteiger partial charge is 0.341 e. The minimum absolute atomic E-state index is 0.131. The van der Waals surface area contributed by atoms with Gasteiger partial charge in [0.15, 0.2) is 6.54 Å². The van der Waals surface area contributed by atoms with Crippen LogP contribution in [0.15, 0.2) is 0 Å². The van der Waals surface area contributed by atoms with E-state index in [1.54, 1.807) is 13.8 Å². The second-order valence-electron chi connectivity index (χ2n) is 7.66. The van der Waals surface area contributed by atoms with Crippen LogP contribution < -0.4 is 10.2 Å². The van der Waals surface area contributed by atoms with Crippen molar-refractivity contribution in [2.24, 2.45) is 5.92 Å². The van der Waals surface area contributed by atoms with Crippen molar-refractivity contribution in [2.45, 2.75) is 52.4 Å². The second-order valence-corrected chi connectivity index (χ2v) is 8.76. The van der Waals surface area contributed by atoms with Gasteiger partial charge in [-0.2, -0.15) is 0 Å². The van der Waals surface area contributed by atoms with Crippen molar-refractivity contribution in [1.82, 2.24) is 0 Å². The summed E-state index contributed by atoms with van der Waals surface area (Å²) < 4.78 is 10.4. The van der Waals surface area contributed by atoms with E-state index in [4.69, 9.17) is 9.47 Å². The van der Waals surface area contributed by atoms with Crippen molar-refractivity contribution >= 4 is 34.2 Å². The van der Waals surface area contributed by atoms with Gasteiger partial charge in [-0.25, -0.2) is 4.79 Å². The first kappa shape index (κ1) is 21.8. The number of ether oxygens (including phenoxy) is 2. The molecular formula is C21H31N2O5S+. The fourth-order valence-electron chi connectivity index (χ4n) is 4.24. The van der Waals surface area contributed by atoms with Crippen LogP contribution in [0.5, 0.6) is 0 Å². The molecule has 1 fully saturated rings. The van der Waals surface area contributed by atoms with Gasteiger partial charge in [-0.05, 0) is 57.9 Å². The number of carbonyl (C=O) groups excluding carboxylic acids is 3. The number of rotatable bonds is 7. The van der Waals surface area contributed by atoms with E-state index in [0.717, 1.165) is 55.5 Å². The van der Waals surface area contributed by atoms with Gasteiger partial charge in [-0.15, -0.1) is 11.3 Å². The summed E-state index contributed by atoms with van der Waals surface area (Å²) in [5, 5.41) is 3.58. The molecule has 29 heavy (non-hydrogen) atoms. The van der Waals surface area contributed by atoms with E-state index in [-0.39, 0.29) is 30.3 Å². The van der Waals surface area contributed by atoms with Gasteiger partial charge in [0, 0.05) is 4.88 Å². The summed E-state index contributed by atoms with van der Waals surface area (Å²) in [4.78, 5) is 39.5. The zero-order chi connectivity index (χ0) is 20.8. The van der Waals surface area contributed by atoms with Crippen LogP contribution in [0.25, 0.3) is 0 Å². The number of hydrogen-bond donors (Lipinski definition) is 2. The third kappa shape index (κ3) is 5.36. The number of carbonyl (C=O) groups is 3. The summed E-state index contributed by atoms with van der Waals surface area (Å²) in [6.07, 6.45) is 5.67. The molecule has 1 saturated heterocycles. The molecule has 1 aliphatic heterocycles. The first-order valence-electron chi connectivity index (χ1n) is 10.6. The van der Waals surface area contributed by atoms with Gasteiger partial charge in [0.2, 0.25) is 0 Å². The van der Waals surface area contributed by atoms with Crippen molar-refractivity contribution in [3.8, 4) is 0 Å². The molecule has 7 nitrogen and oxygen atoms in total. The number of nitrogens with one attached hydrogen (secondary N) is 2. The van der Waals surface area contributed by atoms with Crippen molar-refractivity contribution in [2.75, 3.05) is 38.2 Å². The fourth-order valence-corrected chi connectivity index (χ4v) is 5.54. The molecule has 8 heteroatoms. The Morgan fingerprint density at radius 1 is 1.10 bits per heavy atom. The van der Waals surface area contributed by atoms with Crippen molar-refractivity contribution in [1.29, 1.82) is 0 Å². The number of fused-ring (bicyclic) bond motifs is 1. The van der Waals surface area contributed by atoms with E-state index < -0.39 is 0 Å². The topological polar surface area (TPSA) is 86.1 Å². The minimum Gasteiger partial charge on any atom is -0.466 e. The number of likely N-dealkylation sites (tertiary alicyclic amines) is 1. The van der Waals surface area contributed by atoms with Crippen LogP contribution in [0.4, 0.5) is 5.00 Å². The van der Waals surface area contributed by atoms with Crippen LogP contribution in [-0.2, 0) is 31.9 Å². The maximum absolute atomic E-state index is 12.7. The Hall–Kier alpha value is -1.93. The van der Waals surface area contributed by atoms with Crippen LogP contribution in [0, 0.1) is 5.92 Å². The van der Waals surface area contributed by atoms with Crippen molar-refractivity contribution in [3.63, 3.8) is 0 Å². The first-order valence-corrected chi connectivity index (χ1v) is 11.5. The molecule has 1 amide bonds. The van der Waals surface area contributed by atoms with Gasteiger partial charge in [-0.3, -0.25) is 9.59 Å². The molecule has 0 radical (unpaired) electrons. The van der Waals surface area contributed by atoms with Crippen LogP contribution in [0.2, 0.25) is 0 Å². The number of hydrogen-bond acceptors (Lipinski definition) is 6. The normalized spacial score (nSPS) is 21.2. The lowest BCUT2D eigenvalue weighted by molar-refractivity contribution is -0.899. The third-order valence-electron chi connectivity index (χ3n) is 5.55. The van der Waals surface area contributed by atoms with Gasteiger partial charge in [0.05, 0.1) is 31.9 Å². The first-order chi connectivity index (χ1) is 14.0. The third-order valence-corrected chi connectivity index (χ3v) is 6.76. The van der Waals surface area contributed by atoms with E-state index in [1.165, 1.54) is 16.2 Å². The highest BCUT2D eigenvalue weighted by Crippen LogP contribution is 2.38. The highest BCUT2D eigenvalue weighted by molar-refractivity contribution is 7.17. The summed E-state index contributed by atoms with van der Waals surface area (Å²) >= 11 is 1.50. The maximum atomic E-state index is 12.7. The van der Waals surface area contributed by atoms with Gasteiger partial charge < -0.3 is 19.7 Å². The number of anilines is 1. The zero-order valence-corrected chi connectivity index (χ0v) is 18.1. The Bertz CT molecular complexity index is 760. The monoisotopic (exact) mass is 423 g/mol. The summed E-state index contributed by atoms with van der Waals surface area (Å²) in [5.41, 5.74) is 1.58. The Morgan fingerprint density at radius 2 is 1.86 bits per heavy atom. The molecule has 0 aromatic carbocycles. The molecule has 3 rings (SSSR count). The number of thiophene rings is 1. The summed E-state index contributed by atoms with van der Waals surface area (Å²) in [5.74, 6) is -0.792. The molecule has 0 bridgehead atoms. The van der Waals surface area contributed by atoms with Gasteiger partial charge in [-0.1, -0.05) is 0 Å². The molecule has 0 spiro atoms. The fraction of sp³-hybridized carbons (Fsp3) is 0.667. The average molecular weight is 424 g/mol. The van der Waals surface area contributed by atoms with Gasteiger partial charge in [0.25, 0.3) is 5.91 Å². The average Bonchev–Trinajstić information content (AvgIpc) is 3.06. The Labute approximate surface area is 175 Å². The highest BCUT2D eigenvalue weighted by Gasteiger charge is 2.32. The second kappa shape index (κ2) is 10.2. The standard InChI is InChI=1S/C21H30N2O5S/c1-3-27-20(25)14-8-7-11-23(12-14)13-17(24)22-19-18(21(26)28-4-2)15-9-5-6-10-16(15)29-19/h14H,3-13H2,1-2H3,(H,22,24)/p+1/t14-/m1/s1. The van der Waals surface area contributed by atoms with E-state index in [2.05, 4.69) is 5.32 Å². The van der Waals surface area contributed by atoms with Crippen LogP contribution in [-0.4, -0.2) is 50.7 Å². The van der Waals surface area contributed by atoms with Gasteiger partial charge in [0.1, 0.15) is 10.9 Å². The number of esters is 2. The lowest BCUT2D eigenvalue weighted by Gasteiger charge is -2.28. The van der Waals surface area contributed by atoms with Crippen molar-refractivity contribution in [3.05, 3.63) is 16.0 Å². The van der Waals surface area contributed by atoms with E-state index in [1.807, 2.05) is 0 Å². The summed E-state index contributed by atoms with van der Waals surface area (Å²) in [6.45, 7) is 6.03. The highest BCUT2D eigenvalue weighted by atomic mass is 32.1. The van der Waals surface area contributed by atoms with E-state index >= 15 is 0 Å². The quantitative estimate of drug-likeness (QED) is 0.651. The molecular weight excluding hydrogens is 392 g/mol. The predicted molar refractivity (Wildman–Crippen MR) is 110 cm³/mol. The Morgan fingerprint density at radius 3 is 2.62 bits per heavy atom. The van der Waals surface area contributed by atoms with Crippen LogP contribution in [0.3, 0.4) is 0 Å². The molecule has 1 unspecified atom stereocenters. The lowest BCUT2D eigenvalue weighted by atomic mass is 9.95. The summed E-state index contributed by atoms with van der Waals surface area (Å²) in [7, 11) is 0. The number of amides is 1. The molecule has 1 aromatic rings. The Balaban J connectivity index is 1.66. The molecule has 2 heterocycles. The zero-order valence-electron chi connectivity index (χ0n) is 17.3. The molecule has 2 N–H and O–H groups in total. The maximum Gasteiger partial charge on any atom is 0.341 e. The molecule has 2 atom stereocenters. The molecule has 1 aliphatic carbocycles. The van der Waals surface area contributed by atoms with E-state index in [9.17, 15) is 14.4 Å². The SMILES string of the molecule is CCOC(=O)c1c(NC(=O)C[NH+]2CCC[C@@H](C(=O)OCC)C2)sc2c1CCCC2. The summed E-state index contributed by atoms with van der Waals surface area (Å²) in [6, 6.07) is 0. The number of quaternary nitrogens is 1. The predicted octanol–water partition coefficient (Wildman–Crippen LogP) is 1.60. The molecule has 2 aliphatic rings. The van der Waals surface area contributed by atoms with Crippen LogP contribution in [0.1, 0.15) is 60.3 Å². The largest absolute Gasteiger partial charge is 0.466 e. The van der Waals surface area contributed by atoms with Crippen molar-refractivity contribution < 1.29 is 28.8 Å².